The maximum absolute atomic E-state index is 14.3. The lowest BCUT2D eigenvalue weighted by Crippen LogP contribution is -2.37. The van der Waals surface area contributed by atoms with E-state index in [2.05, 4.69) is 44.2 Å². The van der Waals surface area contributed by atoms with Crippen LogP contribution in [0.4, 0.5) is 11.4 Å². The zero-order chi connectivity index (χ0) is 23.7. The van der Waals surface area contributed by atoms with Crippen LogP contribution in [0.2, 0.25) is 0 Å². The van der Waals surface area contributed by atoms with Gasteiger partial charge in [-0.2, -0.15) is 0 Å². The highest BCUT2D eigenvalue weighted by atomic mass is 16.5. The average molecular weight is 452 g/mol. The lowest BCUT2D eigenvalue weighted by Gasteiger charge is -2.34. The molecule has 2 heterocycles. The van der Waals surface area contributed by atoms with E-state index in [9.17, 15) is 9.59 Å². The maximum Gasteiger partial charge on any atom is 0.246 e. The molecule has 0 radical (unpaired) electrons. The summed E-state index contributed by atoms with van der Waals surface area (Å²) in [6.45, 7) is 6.28. The number of aldehydes is 1. The van der Waals surface area contributed by atoms with Gasteiger partial charge in [-0.15, -0.1) is 0 Å². The Morgan fingerprint density at radius 2 is 1.82 bits per heavy atom. The normalized spacial score (nSPS) is 22.7. The summed E-state index contributed by atoms with van der Waals surface area (Å²) in [5.41, 5.74) is 5.68. The number of hydrogen-bond acceptors (Lipinski definition) is 3. The zero-order valence-electron chi connectivity index (χ0n) is 19.9. The van der Waals surface area contributed by atoms with Crippen molar-refractivity contribution in [2.24, 2.45) is 0 Å². The van der Waals surface area contributed by atoms with Gasteiger partial charge in [-0.05, 0) is 98.9 Å². The Bertz CT molecular complexity index is 1340. The molecule has 0 saturated heterocycles. The molecule has 2 aliphatic heterocycles. The minimum Gasteiger partial charge on any atom is -0.488 e. The quantitative estimate of drug-likeness (QED) is 0.428. The van der Waals surface area contributed by atoms with Crippen LogP contribution in [0, 0.1) is 0 Å². The molecule has 0 bridgehead atoms. The minimum atomic E-state index is -0.820. The van der Waals surface area contributed by atoms with Crippen LogP contribution in [0.1, 0.15) is 78.6 Å². The highest BCUT2D eigenvalue weighted by Gasteiger charge is 2.50. The van der Waals surface area contributed by atoms with Gasteiger partial charge in [0.2, 0.25) is 5.91 Å². The van der Waals surface area contributed by atoms with Gasteiger partial charge in [-0.1, -0.05) is 36.4 Å². The molecule has 1 fully saturated rings. The third-order valence-corrected chi connectivity index (χ3v) is 7.76. The third-order valence-electron chi connectivity index (χ3n) is 7.76. The molecule has 1 saturated carbocycles. The standard InChI is InChI=1S/C30H29NO3/c1-29(2)14-13-22-16-23(10-12-27(22)34-29)30(3)25-17-21(20-7-8-20)9-11-26(25)31(28(30)33)24-6-4-5-19(15-24)18-32/h4-6,9-12,15-18,20H,7-8,13-14H2,1-3H3. The number of ether oxygens (including phenoxy) is 1. The summed E-state index contributed by atoms with van der Waals surface area (Å²) in [6.07, 6.45) is 5.12. The Hall–Kier alpha value is -3.40. The van der Waals surface area contributed by atoms with E-state index in [0.29, 0.717) is 11.5 Å². The number of amides is 1. The van der Waals surface area contributed by atoms with Crippen LogP contribution in [-0.2, 0) is 16.6 Å². The molecule has 172 valence electrons. The second-order valence-corrected chi connectivity index (χ2v) is 10.7. The topological polar surface area (TPSA) is 46.6 Å². The lowest BCUT2D eigenvalue weighted by atomic mass is 9.75. The predicted octanol–water partition coefficient (Wildman–Crippen LogP) is 6.46. The number of carbonyl (C=O) groups is 2. The van der Waals surface area contributed by atoms with Gasteiger partial charge in [-0.3, -0.25) is 14.5 Å². The number of hydrogen-bond donors (Lipinski definition) is 0. The molecule has 4 nitrogen and oxygen atoms in total. The number of aryl methyl sites for hydroxylation is 1. The largest absolute Gasteiger partial charge is 0.488 e. The molecular weight excluding hydrogens is 422 g/mol. The Morgan fingerprint density at radius 1 is 1.00 bits per heavy atom. The van der Waals surface area contributed by atoms with Gasteiger partial charge in [0.05, 0.1) is 11.1 Å². The fourth-order valence-corrected chi connectivity index (χ4v) is 5.51. The van der Waals surface area contributed by atoms with E-state index in [-0.39, 0.29) is 11.5 Å². The first-order valence-electron chi connectivity index (χ1n) is 12.2. The first-order chi connectivity index (χ1) is 16.3. The maximum atomic E-state index is 14.3. The molecular formula is C30H29NO3. The van der Waals surface area contributed by atoms with Crippen molar-refractivity contribution in [3.05, 3.63) is 88.5 Å². The second-order valence-electron chi connectivity index (χ2n) is 10.7. The third kappa shape index (κ3) is 3.19. The van der Waals surface area contributed by atoms with Crippen molar-refractivity contribution in [2.75, 3.05) is 4.90 Å². The number of anilines is 2. The van der Waals surface area contributed by atoms with E-state index in [1.54, 1.807) is 17.0 Å². The van der Waals surface area contributed by atoms with Crippen molar-refractivity contribution in [1.82, 2.24) is 0 Å². The molecule has 4 heteroatoms. The smallest absolute Gasteiger partial charge is 0.246 e. The van der Waals surface area contributed by atoms with Crippen LogP contribution in [0.5, 0.6) is 5.75 Å². The van der Waals surface area contributed by atoms with Crippen molar-refractivity contribution >= 4 is 23.6 Å². The predicted molar refractivity (Wildman–Crippen MR) is 133 cm³/mol. The van der Waals surface area contributed by atoms with Crippen molar-refractivity contribution in [3.63, 3.8) is 0 Å². The Labute approximate surface area is 200 Å². The first-order valence-corrected chi connectivity index (χ1v) is 12.2. The summed E-state index contributed by atoms with van der Waals surface area (Å²) in [6, 6.07) is 20.0. The van der Waals surface area contributed by atoms with Crippen LogP contribution in [0.15, 0.2) is 60.7 Å². The van der Waals surface area contributed by atoms with E-state index in [1.807, 2.05) is 25.1 Å². The van der Waals surface area contributed by atoms with E-state index in [1.165, 1.54) is 18.4 Å². The Morgan fingerprint density at radius 3 is 2.59 bits per heavy atom. The first kappa shape index (κ1) is 21.2. The van der Waals surface area contributed by atoms with Gasteiger partial charge in [0.25, 0.3) is 0 Å². The molecule has 1 unspecified atom stereocenters. The van der Waals surface area contributed by atoms with Crippen molar-refractivity contribution < 1.29 is 14.3 Å². The molecule has 3 aromatic carbocycles. The van der Waals surface area contributed by atoms with Crippen LogP contribution in [-0.4, -0.2) is 17.8 Å². The molecule has 3 aromatic rings. The average Bonchev–Trinajstić information content (AvgIpc) is 3.65. The number of rotatable bonds is 4. The minimum absolute atomic E-state index is 0.00973. The number of nitrogens with zero attached hydrogens (tertiary/aromatic N) is 1. The Balaban J connectivity index is 1.51. The highest BCUT2D eigenvalue weighted by Crippen LogP contribution is 2.52. The Kier molecular flexibility index (Phi) is 4.54. The number of fused-ring (bicyclic) bond motifs is 2. The summed E-state index contributed by atoms with van der Waals surface area (Å²) < 4.78 is 6.21. The van der Waals surface area contributed by atoms with Gasteiger partial charge in [0.1, 0.15) is 17.6 Å². The van der Waals surface area contributed by atoms with Crippen LogP contribution < -0.4 is 9.64 Å². The molecule has 6 rings (SSSR count). The number of carbonyl (C=O) groups excluding carboxylic acids is 2. The van der Waals surface area contributed by atoms with Gasteiger partial charge >= 0.3 is 0 Å². The molecule has 1 atom stereocenters. The highest BCUT2D eigenvalue weighted by molar-refractivity contribution is 6.15. The lowest BCUT2D eigenvalue weighted by molar-refractivity contribution is -0.120. The summed E-state index contributed by atoms with van der Waals surface area (Å²) in [7, 11) is 0. The molecule has 0 aromatic heterocycles. The molecule has 1 aliphatic carbocycles. The van der Waals surface area contributed by atoms with Gasteiger partial charge in [0, 0.05) is 11.3 Å². The van der Waals surface area contributed by atoms with Crippen molar-refractivity contribution in [2.45, 2.75) is 63.4 Å². The summed E-state index contributed by atoms with van der Waals surface area (Å²) in [5, 5.41) is 0. The molecule has 34 heavy (non-hydrogen) atoms. The molecule has 0 spiro atoms. The van der Waals surface area contributed by atoms with Gasteiger partial charge in [0.15, 0.2) is 0 Å². The van der Waals surface area contributed by atoms with E-state index in [4.69, 9.17) is 4.74 Å². The molecule has 3 aliphatic rings. The van der Waals surface area contributed by atoms with Crippen LogP contribution in [0.25, 0.3) is 0 Å². The SMILES string of the molecule is CC1(C)CCc2cc(C3(C)C(=O)N(c4cccc(C=O)c4)c4ccc(C5CC5)cc43)ccc2O1. The van der Waals surface area contributed by atoms with E-state index in [0.717, 1.165) is 52.9 Å². The van der Waals surface area contributed by atoms with Gasteiger partial charge < -0.3 is 4.74 Å². The zero-order valence-corrected chi connectivity index (χ0v) is 19.9. The fourth-order valence-electron chi connectivity index (χ4n) is 5.51. The monoisotopic (exact) mass is 451 g/mol. The van der Waals surface area contributed by atoms with Gasteiger partial charge in [-0.25, -0.2) is 0 Å². The fraction of sp³-hybridized carbons (Fsp3) is 0.333. The van der Waals surface area contributed by atoms with Crippen LogP contribution in [0.3, 0.4) is 0 Å². The van der Waals surface area contributed by atoms with E-state index >= 15 is 0 Å². The van der Waals surface area contributed by atoms with Crippen molar-refractivity contribution in [1.29, 1.82) is 0 Å². The second kappa shape index (κ2) is 7.30. The summed E-state index contributed by atoms with van der Waals surface area (Å²) in [4.78, 5) is 27.5. The molecule has 1 amide bonds. The van der Waals surface area contributed by atoms with Crippen LogP contribution >= 0.6 is 0 Å². The summed E-state index contributed by atoms with van der Waals surface area (Å²) in [5.74, 6) is 1.52. The molecule has 0 N–H and O–H groups in total. The van der Waals surface area contributed by atoms with E-state index < -0.39 is 5.41 Å². The van der Waals surface area contributed by atoms with Crippen molar-refractivity contribution in [3.8, 4) is 5.75 Å². The summed E-state index contributed by atoms with van der Waals surface area (Å²) >= 11 is 0. The number of benzene rings is 3.